The fraction of sp³-hybridized carbons (Fsp3) is 0.238. The van der Waals surface area contributed by atoms with Crippen molar-refractivity contribution < 1.29 is 14.3 Å². The second-order valence-electron chi connectivity index (χ2n) is 6.48. The molecule has 0 saturated heterocycles. The normalized spacial score (nSPS) is 10.6. The largest absolute Gasteiger partial charge is 0.491 e. The minimum Gasteiger partial charge on any atom is -0.491 e. The van der Waals surface area contributed by atoms with Crippen LogP contribution >= 0.6 is 11.3 Å². The SMILES string of the molecule is CC(C)Oc1ccc(-c2nc(C(=O)NCCNC(=O)c3cccnc3)cs2)cc1. The summed E-state index contributed by atoms with van der Waals surface area (Å²) in [6.45, 7) is 4.57. The predicted octanol–water partition coefficient (Wildman–Crippen LogP) is 3.15. The molecule has 1 aromatic carbocycles. The first kappa shape index (κ1) is 20.5. The molecule has 0 aliphatic rings. The van der Waals surface area contributed by atoms with Crippen LogP contribution in [0.1, 0.15) is 34.7 Å². The first-order valence-corrected chi connectivity index (χ1v) is 10.1. The number of hydrogen-bond acceptors (Lipinski definition) is 6. The Morgan fingerprint density at radius 1 is 1.07 bits per heavy atom. The lowest BCUT2D eigenvalue weighted by Crippen LogP contribution is -2.34. The molecular weight excluding hydrogens is 388 g/mol. The average molecular weight is 410 g/mol. The molecule has 0 saturated carbocycles. The van der Waals surface area contributed by atoms with Gasteiger partial charge in [-0.15, -0.1) is 11.3 Å². The third-order valence-corrected chi connectivity index (χ3v) is 4.72. The molecule has 0 fully saturated rings. The Balaban J connectivity index is 1.48. The van der Waals surface area contributed by atoms with Crippen LogP contribution in [0.4, 0.5) is 0 Å². The molecule has 2 N–H and O–H groups in total. The third kappa shape index (κ3) is 5.86. The van der Waals surface area contributed by atoms with E-state index < -0.39 is 0 Å². The summed E-state index contributed by atoms with van der Waals surface area (Å²) in [7, 11) is 0. The Bertz CT molecular complexity index is 956. The fourth-order valence-electron chi connectivity index (χ4n) is 2.50. The average Bonchev–Trinajstić information content (AvgIpc) is 3.22. The van der Waals surface area contributed by atoms with Gasteiger partial charge < -0.3 is 15.4 Å². The van der Waals surface area contributed by atoms with Gasteiger partial charge in [0.1, 0.15) is 16.5 Å². The van der Waals surface area contributed by atoms with Crippen molar-refractivity contribution in [1.29, 1.82) is 0 Å². The first-order chi connectivity index (χ1) is 14.0. The second kappa shape index (κ2) is 9.79. The zero-order valence-corrected chi connectivity index (χ0v) is 17.0. The van der Waals surface area contributed by atoms with Gasteiger partial charge in [-0.25, -0.2) is 4.98 Å². The lowest BCUT2D eigenvalue weighted by molar-refractivity contribution is 0.0925. The predicted molar refractivity (Wildman–Crippen MR) is 112 cm³/mol. The highest BCUT2D eigenvalue weighted by Crippen LogP contribution is 2.26. The highest BCUT2D eigenvalue weighted by molar-refractivity contribution is 7.13. The number of carbonyl (C=O) groups is 2. The van der Waals surface area contributed by atoms with Crippen LogP contribution in [-0.4, -0.2) is 41.0 Å². The molecule has 0 atom stereocenters. The standard InChI is InChI=1S/C21H22N4O3S/c1-14(2)28-17-7-5-15(6-8-17)21-25-18(13-29-21)20(27)24-11-10-23-19(26)16-4-3-9-22-12-16/h3-9,12-14H,10-11H2,1-2H3,(H,23,26)(H,24,27). The molecule has 2 amide bonds. The van der Waals surface area contributed by atoms with Crippen molar-refractivity contribution in [2.45, 2.75) is 20.0 Å². The quantitative estimate of drug-likeness (QED) is 0.557. The molecule has 8 heteroatoms. The lowest BCUT2D eigenvalue weighted by atomic mass is 10.2. The first-order valence-electron chi connectivity index (χ1n) is 9.22. The molecule has 0 bridgehead atoms. The van der Waals surface area contributed by atoms with E-state index in [0.29, 0.717) is 24.3 Å². The van der Waals surface area contributed by atoms with Gasteiger partial charge in [-0.2, -0.15) is 0 Å². The summed E-state index contributed by atoms with van der Waals surface area (Å²) >= 11 is 1.40. The Kier molecular flexibility index (Phi) is 6.91. The minimum absolute atomic E-state index is 0.116. The van der Waals surface area contributed by atoms with Gasteiger partial charge in [0.05, 0.1) is 11.7 Å². The number of hydrogen-bond donors (Lipinski definition) is 2. The van der Waals surface area contributed by atoms with Gasteiger partial charge in [0.25, 0.3) is 11.8 Å². The van der Waals surface area contributed by atoms with Crippen molar-refractivity contribution in [2.24, 2.45) is 0 Å². The number of thiazole rings is 1. The van der Waals surface area contributed by atoms with E-state index in [9.17, 15) is 9.59 Å². The van der Waals surface area contributed by atoms with Gasteiger partial charge in [-0.05, 0) is 50.2 Å². The summed E-state index contributed by atoms with van der Waals surface area (Å²) in [5.74, 6) is 0.294. The minimum atomic E-state index is -0.275. The van der Waals surface area contributed by atoms with E-state index >= 15 is 0 Å². The van der Waals surface area contributed by atoms with Gasteiger partial charge in [0.2, 0.25) is 0 Å². The molecule has 29 heavy (non-hydrogen) atoms. The van der Waals surface area contributed by atoms with Crippen LogP contribution in [0.5, 0.6) is 5.75 Å². The van der Waals surface area contributed by atoms with Crippen molar-refractivity contribution >= 4 is 23.2 Å². The molecule has 2 heterocycles. The van der Waals surface area contributed by atoms with Gasteiger partial charge in [0, 0.05) is 36.4 Å². The van der Waals surface area contributed by atoms with E-state index in [4.69, 9.17) is 4.74 Å². The molecule has 0 aliphatic carbocycles. The molecule has 150 valence electrons. The van der Waals surface area contributed by atoms with Crippen LogP contribution in [0.15, 0.2) is 54.2 Å². The summed E-state index contributed by atoms with van der Waals surface area (Å²) in [6, 6.07) is 11.0. The number of ether oxygens (including phenoxy) is 1. The smallest absolute Gasteiger partial charge is 0.270 e. The van der Waals surface area contributed by atoms with Crippen molar-refractivity contribution in [3.05, 3.63) is 65.4 Å². The number of amides is 2. The Morgan fingerprint density at radius 3 is 2.45 bits per heavy atom. The number of rotatable bonds is 8. The summed E-state index contributed by atoms with van der Waals surface area (Å²) in [4.78, 5) is 32.5. The molecule has 3 rings (SSSR count). The molecule has 2 aromatic heterocycles. The molecule has 0 unspecified atom stereocenters. The molecule has 3 aromatic rings. The van der Waals surface area contributed by atoms with E-state index in [0.717, 1.165) is 16.3 Å². The Hall–Kier alpha value is -3.26. The summed E-state index contributed by atoms with van der Waals surface area (Å²) < 4.78 is 5.63. The van der Waals surface area contributed by atoms with E-state index in [1.807, 2.05) is 38.1 Å². The summed E-state index contributed by atoms with van der Waals surface area (Å²) in [5, 5.41) is 7.97. The number of benzene rings is 1. The molecule has 0 spiro atoms. The highest BCUT2D eigenvalue weighted by atomic mass is 32.1. The van der Waals surface area contributed by atoms with E-state index in [1.54, 1.807) is 23.7 Å². The summed E-state index contributed by atoms with van der Waals surface area (Å²) in [5.41, 5.74) is 1.76. The van der Waals surface area contributed by atoms with Crippen molar-refractivity contribution in [2.75, 3.05) is 13.1 Å². The molecule has 0 aliphatic heterocycles. The summed E-state index contributed by atoms with van der Waals surface area (Å²) in [6.07, 6.45) is 3.21. The zero-order chi connectivity index (χ0) is 20.6. The van der Waals surface area contributed by atoms with Crippen LogP contribution in [0.25, 0.3) is 10.6 Å². The van der Waals surface area contributed by atoms with Gasteiger partial charge in [0.15, 0.2) is 0 Å². The number of carbonyl (C=O) groups excluding carboxylic acids is 2. The van der Waals surface area contributed by atoms with Gasteiger partial charge >= 0.3 is 0 Å². The van der Waals surface area contributed by atoms with Crippen LogP contribution in [0.2, 0.25) is 0 Å². The molecule has 0 radical (unpaired) electrons. The van der Waals surface area contributed by atoms with Crippen LogP contribution in [0.3, 0.4) is 0 Å². The van der Waals surface area contributed by atoms with E-state index in [2.05, 4.69) is 20.6 Å². The molecule has 7 nitrogen and oxygen atoms in total. The fourth-order valence-corrected chi connectivity index (χ4v) is 3.31. The van der Waals surface area contributed by atoms with Crippen LogP contribution in [-0.2, 0) is 0 Å². The van der Waals surface area contributed by atoms with Crippen LogP contribution < -0.4 is 15.4 Å². The monoisotopic (exact) mass is 410 g/mol. The topological polar surface area (TPSA) is 93.2 Å². The van der Waals surface area contributed by atoms with E-state index in [1.165, 1.54) is 17.5 Å². The van der Waals surface area contributed by atoms with Gasteiger partial charge in [-0.3, -0.25) is 14.6 Å². The van der Waals surface area contributed by atoms with Gasteiger partial charge in [-0.1, -0.05) is 0 Å². The van der Waals surface area contributed by atoms with Crippen molar-refractivity contribution in [1.82, 2.24) is 20.6 Å². The lowest BCUT2D eigenvalue weighted by Gasteiger charge is -2.09. The number of nitrogens with zero attached hydrogens (tertiary/aromatic N) is 2. The maximum absolute atomic E-state index is 12.3. The maximum atomic E-state index is 12.3. The van der Waals surface area contributed by atoms with Crippen molar-refractivity contribution in [3.8, 4) is 16.3 Å². The maximum Gasteiger partial charge on any atom is 0.270 e. The molecular formula is C21H22N4O3S. The van der Waals surface area contributed by atoms with E-state index in [-0.39, 0.29) is 17.9 Å². The highest BCUT2D eigenvalue weighted by Gasteiger charge is 2.12. The number of aromatic nitrogens is 2. The zero-order valence-electron chi connectivity index (χ0n) is 16.2. The Morgan fingerprint density at radius 2 is 1.79 bits per heavy atom. The van der Waals surface area contributed by atoms with Crippen LogP contribution in [0, 0.1) is 0 Å². The van der Waals surface area contributed by atoms with Crippen molar-refractivity contribution in [3.63, 3.8) is 0 Å². The third-order valence-electron chi connectivity index (χ3n) is 3.83. The Labute approximate surface area is 173 Å². The number of pyridine rings is 1. The number of nitrogens with one attached hydrogen (secondary N) is 2. The second-order valence-corrected chi connectivity index (χ2v) is 7.34.